The van der Waals surface area contributed by atoms with Crippen molar-refractivity contribution in [2.24, 2.45) is 5.73 Å². The number of carbonyl (C=O) groups excluding carboxylic acids is 7. The summed E-state index contributed by atoms with van der Waals surface area (Å²) in [7, 11) is 0. The molecule has 0 unspecified atom stereocenters. The number of aromatic hydroxyl groups is 1. The van der Waals surface area contributed by atoms with E-state index in [2.05, 4.69) is 31.9 Å². The van der Waals surface area contributed by atoms with E-state index in [-0.39, 0.29) is 63.4 Å². The van der Waals surface area contributed by atoms with Gasteiger partial charge in [0.1, 0.15) is 23.9 Å². The molecule has 17 nitrogen and oxygen atoms in total. The summed E-state index contributed by atoms with van der Waals surface area (Å²) in [5.74, 6) is -5.09. The molecule has 0 bridgehead atoms. The first kappa shape index (κ1) is 39.5. The Hall–Kier alpha value is -6.26. The van der Waals surface area contributed by atoms with Crippen molar-refractivity contribution < 1.29 is 38.7 Å². The van der Waals surface area contributed by atoms with Crippen molar-refractivity contribution in [1.29, 1.82) is 5.41 Å². The minimum Gasteiger partial charge on any atom is -0.508 e. The zero-order valence-electron chi connectivity index (χ0n) is 29.0. The molecule has 1 saturated heterocycles. The van der Waals surface area contributed by atoms with E-state index in [4.69, 9.17) is 11.1 Å². The third-order valence-electron chi connectivity index (χ3n) is 8.83. The van der Waals surface area contributed by atoms with Crippen LogP contribution in [0, 0.1) is 5.41 Å². The van der Waals surface area contributed by atoms with Crippen molar-refractivity contribution >= 4 is 47.7 Å². The normalized spacial score (nSPS) is 23.8. The van der Waals surface area contributed by atoms with Crippen LogP contribution in [0.1, 0.15) is 36.8 Å². The van der Waals surface area contributed by atoms with Crippen LogP contribution in [-0.2, 0) is 46.4 Å². The third kappa shape index (κ3) is 11.9. The molecule has 0 spiro atoms. The van der Waals surface area contributed by atoms with Crippen molar-refractivity contribution in [3.05, 3.63) is 77.9 Å². The number of nitrogens with zero attached hydrogens (tertiary/aromatic N) is 1. The molecular formula is C36H45N9O8. The number of benzene rings is 2. The number of phenols is 1. The summed E-state index contributed by atoms with van der Waals surface area (Å²) in [6, 6.07) is 9.27. The van der Waals surface area contributed by atoms with Crippen LogP contribution in [0.15, 0.2) is 66.7 Å². The lowest BCUT2D eigenvalue weighted by molar-refractivity contribution is -0.143. The molecule has 2 aliphatic rings. The SMILES string of the molecule is N=C(N)NCCC[C@@H]1NC(=O)[C@@H]2CCCN2C(=O)[C@@H](NC=O)CNC(=O)/C=C/[C@H](Cc2ccc(O)cc2)NC(=O)[C@@H](Cc2ccccc2)NC(=O)C1=O. The summed E-state index contributed by atoms with van der Waals surface area (Å²) in [6.07, 6.45) is 3.88. The average molecular weight is 732 g/mol. The molecule has 0 aliphatic carbocycles. The maximum absolute atomic E-state index is 13.9. The molecule has 0 radical (unpaired) electrons. The first-order valence-electron chi connectivity index (χ1n) is 17.3. The highest BCUT2D eigenvalue weighted by Crippen LogP contribution is 2.20. The minimum atomic E-state index is -1.37. The molecule has 4 rings (SSSR count). The lowest BCUT2D eigenvalue weighted by atomic mass is 10.0. The van der Waals surface area contributed by atoms with Crippen LogP contribution in [0.5, 0.6) is 5.75 Å². The molecule has 53 heavy (non-hydrogen) atoms. The standard InChI is InChI=1S/C36H45N9O8/c37-36(38)39-16-4-8-26-31(49)34(52)44-27(19-22-6-2-1-3-7-22)32(50)42-24(18-23-10-13-25(47)14-11-23)12-15-30(48)40-20-28(41-21-46)35(53)45-17-5-9-29(45)33(51)43-26/h1-3,6-7,10-15,21,24,26-29,47H,4-5,8-9,16-20H2,(H,40,48)(H,41,46)(H,42,50)(H,43,51)(H,44,52)(H4,37,38,39)/b15-12+/t24-,26+,27-,28+,29+/m1/s1. The van der Waals surface area contributed by atoms with Gasteiger partial charge < -0.3 is 47.6 Å². The van der Waals surface area contributed by atoms with E-state index >= 15 is 0 Å². The quantitative estimate of drug-likeness (QED) is 0.0438. The Morgan fingerprint density at radius 2 is 1.64 bits per heavy atom. The molecule has 17 heteroatoms. The Labute approximate surface area is 306 Å². The van der Waals surface area contributed by atoms with E-state index in [9.17, 15) is 38.7 Å². The first-order valence-corrected chi connectivity index (χ1v) is 17.3. The van der Waals surface area contributed by atoms with E-state index in [1.54, 1.807) is 42.5 Å². The smallest absolute Gasteiger partial charge is 0.290 e. The number of guanidine groups is 1. The highest BCUT2D eigenvalue weighted by atomic mass is 16.3. The topological polar surface area (TPSA) is 265 Å². The van der Waals surface area contributed by atoms with Gasteiger partial charge >= 0.3 is 0 Å². The molecule has 6 amide bonds. The van der Waals surface area contributed by atoms with Gasteiger partial charge in [0.2, 0.25) is 35.8 Å². The van der Waals surface area contributed by atoms with Crippen LogP contribution in [0.25, 0.3) is 0 Å². The van der Waals surface area contributed by atoms with Crippen molar-refractivity contribution in [3.8, 4) is 5.75 Å². The Bertz CT molecular complexity index is 1690. The molecule has 2 aromatic rings. The van der Waals surface area contributed by atoms with E-state index < -0.39 is 65.5 Å². The van der Waals surface area contributed by atoms with Gasteiger partial charge in [-0.15, -0.1) is 0 Å². The predicted molar refractivity (Wildman–Crippen MR) is 192 cm³/mol. The average Bonchev–Trinajstić information content (AvgIpc) is 3.64. The summed E-state index contributed by atoms with van der Waals surface area (Å²) >= 11 is 0. The number of ketones is 1. The number of nitrogens with one attached hydrogen (secondary N) is 7. The van der Waals surface area contributed by atoms with Gasteiger partial charge in [-0.25, -0.2) is 0 Å². The molecule has 2 heterocycles. The maximum atomic E-state index is 13.9. The summed E-state index contributed by atoms with van der Waals surface area (Å²) in [5, 5.41) is 32.7. The second-order valence-electron chi connectivity index (χ2n) is 12.7. The molecular weight excluding hydrogens is 686 g/mol. The number of amides is 6. The first-order chi connectivity index (χ1) is 25.4. The number of phenolic OH excluding ortho intramolecular Hbond substituents is 1. The molecule has 282 valence electrons. The number of hydrogen-bond donors (Lipinski definition) is 9. The summed E-state index contributed by atoms with van der Waals surface area (Å²) in [5.41, 5.74) is 6.74. The van der Waals surface area contributed by atoms with Gasteiger partial charge in [0.15, 0.2) is 5.96 Å². The summed E-state index contributed by atoms with van der Waals surface area (Å²) < 4.78 is 0. The predicted octanol–water partition coefficient (Wildman–Crippen LogP) is -1.74. The van der Waals surface area contributed by atoms with Crippen molar-refractivity contribution in [2.45, 2.75) is 68.7 Å². The molecule has 10 N–H and O–H groups in total. The van der Waals surface area contributed by atoms with Crippen LogP contribution in [0.3, 0.4) is 0 Å². The number of fused-ring (bicyclic) bond motifs is 1. The van der Waals surface area contributed by atoms with Crippen LogP contribution in [-0.4, -0.2) is 108 Å². The van der Waals surface area contributed by atoms with E-state index in [0.29, 0.717) is 24.0 Å². The zero-order valence-corrected chi connectivity index (χ0v) is 29.0. The van der Waals surface area contributed by atoms with Gasteiger partial charge in [-0.2, -0.15) is 0 Å². The van der Waals surface area contributed by atoms with Crippen LogP contribution < -0.4 is 37.6 Å². The van der Waals surface area contributed by atoms with Crippen LogP contribution >= 0.6 is 0 Å². The van der Waals surface area contributed by atoms with Gasteiger partial charge in [-0.1, -0.05) is 48.5 Å². The van der Waals surface area contributed by atoms with Gasteiger partial charge in [-0.3, -0.25) is 39.0 Å². The molecule has 1 fully saturated rings. The number of Topliss-reactive ketones (excluding diaryl/α,β-unsaturated/α-hetero) is 1. The van der Waals surface area contributed by atoms with Crippen LogP contribution in [0.4, 0.5) is 0 Å². The van der Waals surface area contributed by atoms with Crippen molar-refractivity contribution in [1.82, 2.24) is 36.8 Å². The number of hydrogen-bond acceptors (Lipinski definition) is 9. The monoisotopic (exact) mass is 731 g/mol. The summed E-state index contributed by atoms with van der Waals surface area (Å²) in [6.45, 7) is 0.00408. The highest BCUT2D eigenvalue weighted by Gasteiger charge is 2.39. The second kappa shape index (κ2) is 19.4. The molecule has 0 saturated carbocycles. The Morgan fingerprint density at radius 1 is 0.925 bits per heavy atom. The number of rotatable bonds is 10. The number of nitrogens with two attached hydrogens (primary N) is 1. The highest BCUT2D eigenvalue weighted by molar-refractivity contribution is 6.38. The second-order valence-corrected chi connectivity index (χ2v) is 12.7. The van der Waals surface area contributed by atoms with Crippen LogP contribution in [0.2, 0.25) is 0 Å². The Morgan fingerprint density at radius 3 is 2.34 bits per heavy atom. The zero-order chi connectivity index (χ0) is 38.3. The van der Waals surface area contributed by atoms with Gasteiger partial charge in [-0.05, 0) is 55.4 Å². The maximum Gasteiger partial charge on any atom is 0.290 e. The fourth-order valence-electron chi connectivity index (χ4n) is 6.12. The van der Waals surface area contributed by atoms with Gasteiger partial charge in [0.25, 0.3) is 5.91 Å². The molecule has 2 aromatic carbocycles. The molecule has 5 atom stereocenters. The molecule has 0 aromatic heterocycles. The van der Waals surface area contributed by atoms with Gasteiger partial charge in [0, 0.05) is 32.1 Å². The summed E-state index contributed by atoms with van der Waals surface area (Å²) in [4.78, 5) is 94.3. The van der Waals surface area contributed by atoms with E-state index in [1.807, 2.05) is 0 Å². The van der Waals surface area contributed by atoms with E-state index in [1.165, 1.54) is 23.1 Å². The number of carbonyl (C=O) groups is 7. The van der Waals surface area contributed by atoms with Gasteiger partial charge in [0.05, 0.1) is 12.1 Å². The van der Waals surface area contributed by atoms with Crippen molar-refractivity contribution in [2.75, 3.05) is 19.6 Å². The fraction of sp³-hybridized carbons (Fsp3) is 0.389. The lowest BCUT2D eigenvalue weighted by Crippen LogP contribution is -2.58. The Balaban J connectivity index is 1.70. The fourth-order valence-corrected chi connectivity index (χ4v) is 6.12. The lowest BCUT2D eigenvalue weighted by Gasteiger charge is -2.29. The van der Waals surface area contributed by atoms with Crippen molar-refractivity contribution in [3.63, 3.8) is 0 Å². The molecule has 2 aliphatic heterocycles. The third-order valence-corrected chi connectivity index (χ3v) is 8.83. The minimum absolute atomic E-state index is 0.00829. The largest absolute Gasteiger partial charge is 0.508 e. The van der Waals surface area contributed by atoms with E-state index in [0.717, 1.165) is 6.08 Å². The Kier molecular flexibility index (Phi) is 14.4.